The third-order valence-electron chi connectivity index (χ3n) is 8.85. The second-order valence-electron chi connectivity index (χ2n) is 11.6. The van der Waals surface area contributed by atoms with Crippen molar-refractivity contribution in [1.29, 1.82) is 0 Å². The lowest BCUT2D eigenvalue weighted by Gasteiger charge is -2.56. The summed E-state index contributed by atoms with van der Waals surface area (Å²) in [6.45, 7) is 22.4. The molecule has 3 heteroatoms. The van der Waals surface area contributed by atoms with Crippen molar-refractivity contribution in [3.05, 3.63) is 11.1 Å². The van der Waals surface area contributed by atoms with Crippen LogP contribution < -0.4 is 0 Å². The summed E-state index contributed by atoms with van der Waals surface area (Å²) in [6, 6.07) is 2.18. The predicted molar refractivity (Wildman–Crippen MR) is 120 cm³/mol. The summed E-state index contributed by atoms with van der Waals surface area (Å²) in [6.07, 6.45) is 8.35. The monoisotopic (exact) mass is 387 g/mol. The second kappa shape index (κ2) is 7.71. The Morgan fingerprint density at radius 3 is 1.93 bits per heavy atom. The number of allylic oxidation sites excluding steroid dienone is 1. The van der Waals surface area contributed by atoms with Crippen molar-refractivity contribution in [3.63, 3.8) is 0 Å². The molecule has 0 amide bonds. The molecule has 0 aromatic carbocycles. The minimum atomic E-state index is 0.648. The molecule has 4 rings (SSSR count). The van der Waals surface area contributed by atoms with Crippen LogP contribution in [0.3, 0.4) is 0 Å². The normalized spacial score (nSPS) is 30.9. The highest BCUT2D eigenvalue weighted by Gasteiger charge is 2.48. The van der Waals surface area contributed by atoms with E-state index in [1.807, 2.05) is 5.57 Å². The van der Waals surface area contributed by atoms with Crippen LogP contribution in [-0.4, -0.2) is 72.1 Å². The average molecular weight is 388 g/mol. The topological polar surface area (TPSA) is 9.72 Å². The van der Waals surface area contributed by atoms with E-state index in [-0.39, 0.29) is 0 Å². The van der Waals surface area contributed by atoms with Crippen LogP contribution in [0.25, 0.3) is 0 Å². The minimum Gasteiger partial charge on any atom is -0.301 e. The van der Waals surface area contributed by atoms with Gasteiger partial charge in [0.2, 0.25) is 0 Å². The highest BCUT2D eigenvalue weighted by atomic mass is 15.3. The van der Waals surface area contributed by atoms with Crippen molar-refractivity contribution in [2.45, 2.75) is 98.2 Å². The van der Waals surface area contributed by atoms with Gasteiger partial charge < -0.3 is 4.90 Å². The molecule has 1 atom stereocenters. The van der Waals surface area contributed by atoms with Crippen molar-refractivity contribution >= 4 is 0 Å². The van der Waals surface area contributed by atoms with Crippen LogP contribution in [0.1, 0.15) is 80.1 Å². The van der Waals surface area contributed by atoms with Crippen LogP contribution in [-0.2, 0) is 0 Å². The van der Waals surface area contributed by atoms with Crippen LogP contribution in [0, 0.1) is 10.8 Å². The zero-order valence-corrected chi connectivity index (χ0v) is 19.6. The quantitative estimate of drug-likeness (QED) is 0.629. The van der Waals surface area contributed by atoms with Crippen LogP contribution in [0.2, 0.25) is 0 Å². The molecule has 4 aliphatic rings. The molecule has 3 heterocycles. The van der Waals surface area contributed by atoms with Crippen LogP contribution in [0.5, 0.6) is 0 Å². The molecule has 1 aliphatic carbocycles. The molecule has 3 nitrogen and oxygen atoms in total. The fraction of sp³-hybridized carbons (Fsp3) is 0.920. The fourth-order valence-electron chi connectivity index (χ4n) is 6.53. The summed E-state index contributed by atoms with van der Waals surface area (Å²) in [5.74, 6) is 0. The lowest BCUT2D eigenvalue weighted by molar-refractivity contribution is -0.0694. The summed E-state index contributed by atoms with van der Waals surface area (Å²) < 4.78 is 0. The van der Waals surface area contributed by atoms with E-state index in [1.165, 1.54) is 77.8 Å². The van der Waals surface area contributed by atoms with Gasteiger partial charge in [-0.15, -0.1) is 0 Å². The van der Waals surface area contributed by atoms with Crippen LogP contribution in [0.4, 0.5) is 0 Å². The highest BCUT2D eigenvalue weighted by molar-refractivity contribution is 5.23. The third-order valence-corrected chi connectivity index (χ3v) is 8.85. The lowest BCUT2D eigenvalue weighted by atomic mass is 9.71. The maximum Gasteiger partial charge on any atom is 0.0105 e. The first kappa shape index (κ1) is 20.9. The SMILES string of the molecule is C/C(CC(C)N1CC2(CCN(C(C)C)CC2)C1)=C1/CCC2(C1)CN(C(C)C)C2. The molecule has 0 radical (unpaired) electrons. The van der Waals surface area contributed by atoms with Gasteiger partial charge in [-0.2, -0.15) is 0 Å². The fourth-order valence-corrected chi connectivity index (χ4v) is 6.53. The Morgan fingerprint density at radius 2 is 1.36 bits per heavy atom. The minimum absolute atomic E-state index is 0.648. The Hall–Kier alpha value is -0.380. The summed E-state index contributed by atoms with van der Waals surface area (Å²) >= 11 is 0. The molecule has 3 aliphatic heterocycles. The van der Waals surface area contributed by atoms with Gasteiger partial charge in [-0.05, 0) is 104 Å². The Balaban J connectivity index is 1.24. The Morgan fingerprint density at radius 1 is 0.786 bits per heavy atom. The first-order valence-electron chi connectivity index (χ1n) is 12.1. The Kier molecular flexibility index (Phi) is 5.74. The van der Waals surface area contributed by atoms with Crippen molar-refractivity contribution in [1.82, 2.24) is 14.7 Å². The van der Waals surface area contributed by atoms with Crippen molar-refractivity contribution in [2.24, 2.45) is 10.8 Å². The zero-order chi connectivity index (χ0) is 20.1. The number of rotatable bonds is 5. The van der Waals surface area contributed by atoms with Crippen LogP contribution in [0.15, 0.2) is 11.1 Å². The van der Waals surface area contributed by atoms with Gasteiger partial charge in [0.1, 0.15) is 0 Å². The van der Waals surface area contributed by atoms with E-state index in [9.17, 15) is 0 Å². The largest absolute Gasteiger partial charge is 0.301 e. The maximum absolute atomic E-state index is 2.78. The standard InChI is InChI=1S/C25H45N3/c1-19(2)26-11-9-24(10-12-26)15-28(16-24)22(6)13-21(5)23-7-8-25(14-23)17-27(18-25)20(3)4/h19-20,22H,7-18H2,1-6H3/b23-21+. The van der Waals surface area contributed by atoms with Crippen molar-refractivity contribution < 1.29 is 0 Å². The van der Waals surface area contributed by atoms with Gasteiger partial charge in [0.15, 0.2) is 0 Å². The number of piperidine rings is 1. The van der Waals surface area contributed by atoms with Crippen molar-refractivity contribution in [2.75, 3.05) is 39.3 Å². The van der Waals surface area contributed by atoms with Gasteiger partial charge in [0.25, 0.3) is 0 Å². The molecule has 0 bridgehead atoms. The lowest BCUT2D eigenvalue weighted by Crippen LogP contribution is -2.62. The number of likely N-dealkylation sites (tertiary alicyclic amines) is 3. The molecule has 160 valence electrons. The molecule has 0 aromatic heterocycles. The summed E-state index contributed by atoms with van der Waals surface area (Å²) in [5.41, 5.74) is 4.85. The van der Waals surface area contributed by atoms with E-state index < -0.39 is 0 Å². The van der Waals surface area contributed by atoms with Gasteiger partial charge in [0.05, 0.1) is 0 Å². The third kappa shape index (κ3) is 3.96. The number of hydrogen-bond donors (Lipinski definition) is 0. The Labute approximate surface area is 174 Å². The molecule has 2 spiro atoms. The molecule has 0 N–H and O–H groups in total. The van der Waals surface area contributed by atoms with Gasteiger partial charge in [-0.25, -0.2) is 0 Å². The van der Waals surface area contributed by atoms with Gasteiger partial charge in [-0.1, -0.05) is 11.1 Å². The molecule has 4 fully saturated rings. The summed E-state index contributed by atoms with van der Waals surface area (Å²) in [5, 5.41) is 0. The van der Waals surface area contributed by atoms with Crippen LogP contribution >= 0.6 is 0 Å². The average Bonchev–Trinajstić information content (AvgIpc) is 3.04. The van der Waals surface area contributed by atoms with E-state index in [0.29, 0.717) is 10.8 Å². The van der Waals surface area contributed by atoms with E-state index in [2.05, 4.69) is 56.2 Å². The zero-order valence-electron chi connectivity index (χ0n) is 19.6. The first-order valence-corrected chi connectivity index (χ1v) is 12.1. The Bertz CT molecular complexity index is 583. The maximum atomic E-state index is 2.78. The van der Waals surface area contributed by atoms with E-state index >= 15 is 0 Å². The summed E-state index contributed by atoms with van der Waals surface area (Å²) in [7, 11) is 0. The van der Waals surface area contributed by atoms with E-state index in [4.69, 9.17) is 0 Å². The molecular weight excluding hydrogens is 342 g/mol. The summed E-state index contributed by atoms with van der Waals surface area (Å²) in [4.78, 5) is 8.11. The molecule has 1 saturated carbocycles. The highest BCUT2D eigenvalue weighted by Crippen LogP contribution is 2.50. The van der Waals surface area contributed by atoms with Gasteiger partial charge >= 0.3 is 0 Å². The molecule has 3 saturated heterocycles. The number of nitrogens with zero attached hydrogens (tertiary/aromatic N) is 3. The first-order chi connectivity index (χ1) is 13.2. The predicted octanol–water partition coefficient (Wildman–Crippen LogP) is 4.78. The molecule has 1 unspecified atom stereocenters. The van der Waals surface area contributed by atoms with E-state index in [0.717, 1.165) is 18.1 Å². The molecule has 0 aromatic rings. The smallest absolute Gasteiger partial charge is 0.0105 e. The van der Waals surface area contributed by atoms with Crippen molar-refractivity contribution in [3.8, 4) is 0 Å². The van der Waals surface area contributed by atoms with E-state index in [1.54, 1.807) is 5.57 Å². The molecular formula is C25H45N3. The second-order valence-corrected chi connectivity index (χ2v) is 11.6. The number of hydrogen-bond acceptors (Lipinski definition) is 3. The van der Waals surface area contributed by atoms with Gasteiger partial charge in [0, 0.05) is 44.3 Å². The molecule has 28 heavy (non-hydrogen) atoms. The van der Waals surface area contributed by atoms with Gasteiger partial charge in [-0.3, -0.25) is 9.80 Å².